The van der Waals surface area contributed by atoms with Crippen molar-refractivity contribution >= 4 is 97.4 Å². The van der Waals surface area contributed by atoms with E-state index in [0.29, 0.717) is 99.8 Å². The van der Waals surface area contributed by atoms with E-state index in [1.54, 1.807) is 68.8 Å². The highest BCUT2D eigenvalue weighted by atomic mass is 32.2. The second-order valence-electron chi connectivity index (χ2n) is 26.2. The number of cyclic esters (lactones) is 1. The monoisotopic (exact) mass is 1440 g/mol. The lowest BCUT2D eigenvalue weighted by Gasteiger charge is -2.37. The van der Waals surface area contributed by atoms with Crippen molar-refractivity contribution in [2.24, 2.45) is 5.92 Å². The smallest absolute Gasteiger partial charge is 0.355 e. The van der Waals surface area contributed by atoms with Gasteiger partial charge in [0.1, 0.15) is 18.7 Å². The number of carboxylic acids is 1. The van der Waals surface area contributed by atoms with Crippen LogP contribution < -0.4 is 52.8 Å². The van der Waals surface area contributed by atoms with Crippen LogP contribution in [0.2, 0.25) is 0 Å². The average molecular weight is 1440 g/mol. The standard InChI is InChI=1S/C72H91N15O15S/c1-9-28-73-69(96)78-48-18-15-20-50(37-48)103(99,100)82-49-19-14-17-45(36-49)57(39-62(90)91)80-71(98)77-47-26-24-46(25-27-47)76-70(97)74-29-31-83(6)32-33-84(7)34-35-85(8)42-60(88)75-40-61(89)86-30-16-23-58(86)65(92)81-63(44(4)5)67(94)102-72(11-3)55-38-59-64-53(41-87(59)66(93)54(55)43-101-68(72)95)51(10-2)52-21-12-13-22-56(52)79-64/h12-15,17-22,24-27,36-38,44,57-58,63,82H,9-11,16,23,28-35,39-43H2,1-8H3,(H,75,88)(H,81,92)(H,90,91)(H2,73,78,96)(H2,74,76,97)(H2,77,80,98)/t57-,58-,63-,72-/m0/s1. The number of benzene rings is 4. The number of pyridine rings is 2. The van der Waals surface area contributed by atoms with Crippen molar-refractivity contribution in [2.75, 3.05) is 107 Å². The van der Waals surface area contributed by atoms with Crippen LogP contribution in [0.5, 0.6) is 0 Å². The van der Waals surface area contributed by atoms with Crippen LogP contribution in [-0.2, 0) is 73.4 Å². The number of likely N-dealkylation sites (N-methyl/N-ethyl adjacent to an activating group) is 3. The summed E-state index contributed by atoms with van der Waals surface area (Å²) in [6.07, 6.45) is 1.60. The molecule has 3 aliphatic heterocycles. The van der Waals surface area contributed by atoms with Crippen LogP contribution in [0.1, 0.15) is 101 Å². The van der Waals surface area contributed by atoms with Gasteiger partial charge >= 0.3 is 36.0 Å². The molecule has 31 heteroatoms. The number of fused-ring (bicyclic) bond motifs is 5. The molecular weight excluding hydrogens is 1350 g/mol. The summed E-state index contributed by atoms with van der Waals surface area (Å²) < 4.78 is 42.6. The highest BCUT2D eigenvalue weighted by Gasteiger charge is 2.52. The van der Waals surface area contributed by atoms with Gasteiger partial charge in [-0.05, 0) is 137 Å². The number of urea groups is 3. The van der Waals surface area contributed by atoms with Gasteiger partial charge in [0.2, 0.25) is 23.3 Å². The zero-order chi connectivity index (χ0) is 74.3. The quantitative estimate of drug-likeness (QED) is 0.0225. The predicted octanol–water partition coefficient (Wildman–Crippen LogP) is 5.73. The van der Waals surface area contributed by atoms with Crippen molar-refractivity contribution in [3.05, 3.63) is 141 Å². The number of hydrogen-bond donors (Lipinski definition) is 10. The van der Waals surface area contributed by atoms with Gasteiger partial charge in [0.15, 0.2) is 0 Å². The van der Waals surface area contributed by atoms with Crippen LogP contribution in [0.25, 0.3) is 22.3 Å². The Labute approximate surface area is 597 Å². The number of carbonyl (C=O) groups excluding carboxylic acids is 8. The van der Waals surface area contributed by atoms with Crippen LogP contribution in [0.15, 0.2) is 113 Å². The van der Waals surface area contributed by atoms with Crippen molar-refractivity contribution in [2.45, 2.75) is 115 Å². The third kappa shape index (κ3) is 19.2. The number of nitrogens with one attached hydrogen (secondary N) is 9. The number of sulfonamides is 1. The van der Waals surface area contributed by atoms with E-state index in [1.807, 2.05) is 62.0 Å². The normalized spacial score (nSPS) is 15.9. The lowest BCUT2D eigenvalue weighted by molar-refractivity contribution is -0.191. The molecule has 9 rings (SSSR count). The molecule has 10 N–H and O–H groups in total. The lowest BCUT2D eigenvalue weighted by atomic mass is 9.85. The van der Waals surface area contributed by atoms with E-state index in [1.165, 1.54) is 47.4 Å². The van der Waals surface area contributed by atoms with Gasteiger partial charge in [0.05, 0.1) is 59.5 Å². The van der Waals surface area contributed by atoms with Gasteiger partial charge in [-0.3, -0.25) is 33.6 Å². The van der Waals surface area contributed by atoms with E-state index in [0.717, 1.165) is 22.0 Å². The van der Waals surface area contributed by atoms with E-state index in [2.05, 4.69) is 52.2 Å². The van der Waals surface area contributed by atoms with E-state index in [4.69, 9.17) is 14.5 Å². The number of para-hydroxylation sites is 1. The zero-order valence-electron chi connectivity index (χ0n) is 59.1. The second kappa shape index (κ2) is 34.4. The first kappa shape index (κ1) is 76.7. The molecule has 4 aromatic carbocycles. The number of anilines is 4. The van der Waals surface area contributed by atoms with E-state index in [-0.39, 0.29) is 72.2 Å². The second-order valence-corrected chi connectivity index (χ2v) is 27.9. The molecule has 0 radical (unpaired) electrons. The number of esters is 2. The number of nitrogens with zero attached hydrogens (tertiary/aromatic N) is 6. The van der Waals surface area contributed by atoms with Crippen molar-refractivity contribution in [3.63, 3.8) is 0 Å². The Morgan fingerprint density at radius 1 is 0.728 bits per heavy atom. The molecule has 0 saturated carbocycles. The van der Waals surface area contributed by atoms with Gasteiger partial charge < -0.3 is 76.4 Å². The fraction of sp³-hybridized carbons (Fsp3) is 0.431. The number of aliphatic carboxylic acids is 1. The molecule has 0 spiro atoms. The van der Waals surface area contributed by atoms with E-state index >= 15 is 0 Å². The summed E-state index contributed by atoms with van der Waals surface area (Å²) in [6.45, 7) is 12.6. The van der Waals surface area contributed by atoms with Crippen LogP contribution in [0.4, 0.5) is 37.1 Å². The molecule has 0 aliphatic carbocycles. The average Bonchev–Trinajstić information content (AvgIpc) is 1.64. The van der Waals surface area contributed by atoms with Gasteiger partial charge in [-0.25, -0.2) is 37.4 Å². The number of aromatic nitrogens is 2. The Morgan fingerprint density at radius 2 is 1.38 bits per heavy atom. The molecule has 0 bridgehead atoms. The predicted molar refractivity (Wildman–Crippen MR) is 386 cm³/mol. The Balaban J connectivity index is 0.662. The molecule has 0 unspecified atom stereocenters. The number of ether oxygens (including phenoxy) is 2. The van der Waals surface area contributed by atoms with Crippen LogP contribution in [0, 0.1) is 5.92 Å². The van der Waals surface area contributed by atoms with Crippen molar-refractivity contribution in [1.82, 2.24) is 55.7 Å². The van der Waals surface area contributed by atoms with Crippen LogP contribution >= 0.6 is 0 Å². The molecule has 5 heterocycles. The summed E-state index contributed by atoms with van der Waals surface area (Å²) >= 11 is 0. The zero-order valence-corrected chi connectivity index (χ0v) is 59.9. The number of carbonyl (C=O) groups is 9. The van der Waals surface area contributed by atoms with Crippen molar-refractivity contribution in [1.29, 1.82) is 0 Å². The number of amides is 9. The van der Waals surface area contributed by atoms with Crippen molar-refractivity contribution in [3.8, 4) is 11.4 Å². The molecule has 4 atom stereocenters. The van der Waals surface area contributed by atoms with E-state index in [9.17, 15) is 61.5 Å². The Morgan fingerprint density at radius 3 is 2.06 bits per heavy atom. The Hall–Kier alpha value is -10.5. The molecule has 30 nitrogen and oxygen atoms in total. The topological polar surface area (TPSA) is 383 Å². The summed E-state index contributed by atoms with van der Waals surface area (Å²) in [4.78, 5) is 146. The first-order chi connectivity index (χ1) is 49.2. The third-order valence-corrected chi connectivity index (χ3v) is 19.7. The minimum atomic E-state index is -4.18. The molecule has 3 aliphatic rings. The maximum atomic E-state index is 14.4. The largest absolute Gasteiger partial charge is 0.481 e. The molecule has 1 fully saturated rings. The number of rotatable bonds is 32. The number of carboxylic acid groups (broad SMARTS) is 1. The van der Waals surface area contributed by atoms with Gasteiger partial charge in [-0.15, -0.1) is 0 Å². The number of likely N-dealkylation sites (tertiary alicyclic amines) is 1. The summed E-state index contributed by atoms with van der Waals surface area (Å²) in [5.41, 5.74) is 3.22. The van der Waals surface area contributed by atoms with Crippen molar-refractivity contribution < 1.29 is 66.1 Å². The molecular formula is C72H91N15O15S. The molecule has 103 heavy (non-hydrogen) atoms. The molecule has 6 aromatic rings. The minimum absolute atomic E-state index is 0.00168. The summed E-state index contributed by atoms with van der Waals surface area (Å²) in [6, 6.07) is 22.3. The number of hydrogen-bond acceptors (Lipinski definition) is 18. The molecule has 550 valence electrons. The van der Waals surface area contributed by atoms with Gasteiger partial charge in [-0.1, -0.05) is 71.0 Å². The first-order valence-corrected chi connectivity index (χ1v) is 35.9. The Bertz CT molecular complexity index is 4340. The highest BCUT2D eigenvalue weighted by Crippen LogP contribution is 2.43. The minimum Gasteiger partial charge on any atom is -0.481 e. The number of aryl methyl sites for hydroxylation is 1. The molecule has 9 amide bonds. The molecule has 2 aromatic heterocycles. The first-order valence-electron chi connectivity index (χ1n) is 34.4. The maximum absolute atomic E-state index is 14.4. The van der Waals surface area contributed by atoms with Gasteiger partial charge in [-0.2, -0.15) is 0 Å². The SMILES string of the molecule is CCCNC(=O)Nc1cccc(S(=O)(=O)Nc2cccc([C@H](CC(=O)O)NC(=O)Nc3ccc(NC(=O)NCCN(C)CCN(C)CCN(C)CC(=O)NCC(=O)N4CCC[C@H]4C(=O)N[C@H](C(=O)O[C@]4(CC)C(=O)OCc5c4cc4n(c5=O)Cc5c-4nc4ccccc4c5CC)C(C)C)cc3)c2)c1. The summed E-state index contributed by atoms with van der Waals surface area (Å²) in [5, 5.41) is 32.3. The lowest BCUT2D eigenvalue weighted by Crippen LogP contribution is -2.56. The summed E-state index contributed by atoms with van der Waals surface area (Å²) in [7, 11) is 1.48. The van der Waals surface area contributed by atoms with Gasteiger partial charge in [0.25, 0.3) is 15.6 Å². The fourth-order valence-electron chi connectivity index (χ4n) is 12.7. The molecule has 1 saturated heterocycles. The van der Waals surface area contributed by atoms with E-state index < -0.39 is 99.8 Å². The Kier molecular flexibility index (Phi) is 25.6. The summed E-state index contributed by atoms with van der Waals surface area (Å²) in [5.74, 6) is -4.99. The van der Waals surface area contributed by atoms with Gasteiger partial charge in [0, 0.05) is 91.6 Å². The highest BCUT2D eigenvalue weighted by molar-refractivity contribution is 7.92. The third-order valence-electron chi connectivity index (χ3n) is 18.3. The fourth-order valence-corrected chi connectivity index (χ4v) is 13.8. The maximum Gasteiger partial charge on any atom is 0.355 e. The van der Waals surface area contributed by atoms with Crippen LogP contribution in [-0.4, -0.2) is 195 Å². The van der Waals surface area contributed by atoms with Crippen LogP contribution in [0.3, 0.4) is 0 Å².